The summed E-state index contributed by atoms with van der Waals surface area (Å²) in [6.45, 7) is 1.28. The van der Waals surface area contributed by atoms with Crippen LogP contribution in [0.1, 0.15) is 19.8 Å². The number of nitrogens with one attached hydrogen (secondary N) is 2. The first-order valence-corrected chi connectivity index (χ1v) is 7.54. The number of nitrogens with zero attached hydrogens (tertiary/aromatic N) is 2. The Hall–Kier alpha value is -1.75. The molecule has 0 saturated heterocycles. The number of carbonyl (C=O) groups is 1. The number of nitrogens with two attached hydrogens (primary N) is 2. The Kier molecular flexibility index (Phi) is 7.81. The fourth-order valence-electron chi connectivity index (χ4n) is 1.17. The van der Waals surface area contributed by atoms with Crippen molar-refractivity contribution in [2.75, 3.05) is 6.54 Å². The minimum atomic E-state index is -4.41. The zero-order chi connectivity index (χ0) is 16.6. The molecule has 0 aromatic carbocycles. The molecule has 0 bridgehead atoms. The highest BCUT2D eigenvalue weighted by Crippen LogP contribution is 2.39. The second-order valence-electron chi connectivity index (χ2n) is 4.16. The van der Waals surface area contributed by atoms with E-state index in [-0.39, 0.29) is 18.9 Å². The summed E-state index contributed by atoms with van der Waals surface area (Å²) in [6.07, 6.45) is 0.494. The molecule has 1 amide bonds. The lowest BCUT2D eigenvalue weighted by Gasteiger charge is -2.18. The first kappa shape index (κ1) is 19.2. The molecule has 0 heterocycles. The minimum absolute atomic E-state index is 0.113. The van der Waals surface area contributed by atoms with Crippen molar-refractivity contribution in [3.8, 4) is 0 Å². The summed E-state index contributed by atoms with van der Waals surface area (Å²) in [5, 5.41) is 11.3. The molecule has 0 rings (SSSR count). The van der Waals surface area contributed by atoms with E-state index in [4.69, 9.17) is 21.3 Å². The Morgan fingerprint density at radius 3 is 2.57 bits per heavy atom. The van der Waals surface area contributed by atoms with Gasteiger partial charge in [-0.05, 0) is 19.8 Å². The lowest BCUT2D eigenvalue weighted by atomic mass is 10.1. The maximum atomic E-state index is 11.5. The van der Waals surface area contributed by atoms with Gasteiger partial charge in [0.2, 0.25) is 5.91 Å². The van der Waals surface area contributed by atoms with E-state index in [9.17, 15) is 19.5 Å². The van der Waals surface area contributed by atoms with Crippen molar-refractivity contribution in [1.29, 1.82) is 0 Å². The van der Waals surface area contributed by atoms with Crippen LogP contribution in [0.5, 0.6) is 0 Å². The number of rotatable bonds is 8. The molecule has 0 aliphatic carbocycles. The van der Waals surface area contributed by atoms with Crippen LogP contribution >= 0.6 is 7.60 Å². The van der Waals surface area contributed by atoms with Crippen LogP contribution in [0.15, 0.2) is 4.99 Å². The van der Waals surface area contributed by atoms with E-state index in [1.54, 1.807) is 5.43 Å². The molecule has 21 heavy (non-hydrogen) atoms. The van der Waals surface area contributed by atoms with E-state index in [1.165, 1.54) is 6.92 Å². The monoisotopic (exact) mass is 326 g/mol. The molecule has 0 unspecified atom stereocenters. The summed E-state index contributed by atoms with van der Waals surface area (Å²) in [7, 11) is -4.41. The van der Waals surface area contributed by atoms with Gasteiger partial charge in [0.05, 0.1) is 6.04 Å². The average Bonchev–Trinajstić information content (AvgIpc) is 2.32. The van der Waals surface area contributed by atoms with Crippen molar-refractivity contribution < 1.29 is 24.2 Å². The normalized spacial score (nSPS) is 15.1. The summed E-state index contributed by atoms with van der Waals surface area (Å²) in [5.41, 5.74) is 12.4. The molecule has 0 radical (unpaired) electrons. The maximum Gasteiger partial charge on any atom is 0.347 e. The molecule has 8 N–H and O–H groups in total. The molecule has 2 atom stereocenters. The number of hydrogen-bond acceptors (Lipinski definition) is 6. The molecular weight excluding hydrogens is 307 g/mol. The number of hydrazine groups is 1. The fourth-order valence-corrected chi connectivity index (χ4v) is 1.46. The van der Waals surface area contributed by atoms with Gasteiger partial charge >= 0.3 is 7.60 Å². The van der Waals surface area contributed by atoms with Gasteiger partial charge in [-0.3, -0.25) is 9.36 Å². The van der Waals surface area contributed by atoms with Crippen LogP contribution in [0.25, 0.3) is 0 Å². The van der Waals surface area contributed by atoms with Gasteiger partial charge in [0.25, 0.3) is 5.96 Å². The van der Waals surface area contributed by atoms with Crippen molar-refractivity contribution in [3.63, 3.8) is 0 Å². The van der Waals surface area contributed by atoms with Crippen LogP contribution in [-0.2, 0) is 9.36 Å². The zero-order valence-corrected chi connectivity index (χ0v) is 12.2. The van der Waals surface area contributed by atoms with Crippen LogP contribution in [-0.4, -0.2) is 45.1 Å². The van der Waals surface area contributed by atoms with E-state index in [0.717, 1.165) is 0 Å². The van der Waals surface area contributed by atoms with Gasteiger partial charge in [0.15, 0.2) is 5.03 Å². The molecule has 0 fully saturated rings. The lowest BCUT2D eigenvalue weighted by Crippen LogP contribution is -2.44. The summed E-state index contributed by atoms with van der Waals surface area (Å²) in [5.74, 6) is -2.40. The predicted molar refractivity (Wildman–Crippen MR) is 73.5 cm³/mol. The minimum Gasteiger partial charge on any atom is -0.365 e. The number of carbonyl (C=O) groups excluding carboxylic acids is 1. The van der Waals surface area contributed by atoms with Crippen molar-refractivity contribution in [3.05, 3.63) is 10.1 Å². The van der Waals surface area contributed by atoms with Crippen LogP contribution in [0.2, 0.25) is 0 Å². The topological polar surface area (TPSA) is 206 Å². The molecule has 0 aliphatic rings. The Labute approximate surface area is 120 Å². The maximum absolute atomic E-state index is 11.5. The van der Waals surface area contributed by atoms with Crippen LogP contribution in [0, 0.1) is 10.1 Å². The SMILES string of the molecule is C[C@@H](NC(=O)[C@@H](N)CCCN=C(N)N[N+](=O)[O-])P(=O)(O)O. The third kappa shape index (κ3) is 8.92. The largest absolute Gasteiger partial charge is 0.365 e. The first-order valence-electron chi connectivity index (χ1n) is 5.86. The highest BCUT2D eigenvalue weighted by atomic mass is 31.2. The Morgan fingerprint density at radius 1 is 1.52 bits per heavy atom. The average molecular weight is 326 g/mol. The molecule has 13 heteroatoms. The van der Waals surface area contributed by atoms with Gasteiger partial charge in [0.1, 0.15) is 5.78 Å². The first-order chi connectivity index (χ1) is 9.54. The molecule has 0 spiro atoms. The van der Waals surface area contributed by atoms with E-state index >= 15 is 0 Å². The van der Waals surface area contributed by atoms with Gasteiger partial charge in [-0.2, -0.15) is 0 Å². The van der Waals surface area contributed by atoms with Gasteiger partial charge in [-0.15, -0.1) is 0 Å². The second kappa shape index (κ2) is 8.52. The number of aliphatic imine (C=N–C) groups is 1. The zero-order valence-electron chi connectivity index (χ0n) is 11.3. The third-order valence-corrected chi connectivity index (χ3v) is 3.49. The van der Waals surface area contributed by atoms with Gasteiger partial charge in [0, 0.05) is 6.54 Å². The van der Waals surface area contributed by atoms with E-state index < -0.39 is 30.4 Å². The molecule has 0 aromatic rings. The summed E-state index contributed by atoms with van der Waals surface area (Å²) >= 11 is 0. The number of guanidine groups is 1. The van der Waals surface area contributed by atoms with E-state index in [1.807, 2.05) is 0 Å². The third-order valence-electron chi connectivity index (χ3n) is 2.35. The van der Waals surface area contributed by atoms with Crippen molar-refractivity contribution in [2.45, 2.75) is 31.6 Å². The fraction of sp³-hybridized carbons (Fsp3) is 0.750. The molecule has 0 aliphatic heterocycles. The number of nitro groups is 1. The smallest absolute Gasteiger partial charge is 0.347 e. The van der Waals surface area contributed by atoms with E-state index in [0.29, 0.717) is 6.42 Å². The number of amides is 1. The van der Waals surface area contributed by atoms with Crippen molar-refractivity contribution in [2.24, 2.45) is 16.5 Å². The van der Waals surface area contributed by atoms with Crippen LogP contribution in [0.3, 0.4) is 0 Å². The summed E-state index contributed by atoms with van der Waals surface area (Å²) in [4.78, 5) is 42.8. The molecule has 0 aromatic heterocycles. The van der Waals surface area contributed by atoms with Gasteiger partial charge < -0.3 is 26.6 Å². The summed E-state index contributed by atoms with van der Waals surface area (Å²) in [6, 6.07) is -0.973. The van der Waals surface area contributed by atoms with Crippen molar-refractivity contribution >= 4 is 19.5 Å². The van der Waals surface area contributed by atoms with Gasteiger partial charge in [-0.1, -0.05) is 5.43 Å². The predicted octanol–water partition coefficient (Wildman–Crippen LogP) is -2.17. The number of hydrogen-bond donors (Lipinski definition) is 6. The molecule has 0 saturated carbocycles. The van der Waals surface area contributed by atoms with Gasteiger partial charge in [-0.25, -0.2) is 15.1 Å². The summed E-state index contributed by atoms with van der Waals surface area (Å²) < 4.78 is 10.9. The molecular formula is C8H19N6O6P. The Bertz CT molecular complexity index is 451. The standard InChI is InChI=1S/C8H19N6O6P/c1-5(21(18,19)20)12-7(15)6(9)3-2-4-11-8(10)13-14(16)17/h5-6H,2-4,9H2,1H3,(H,12,15)(H3,10,11,13)(H2,18,19,20)/t5-,6-/m0/s1. The van der Waals surface area contributed by atoms with Crippen LogP contribution < -0.4 is 22.2 Å². The lowest BCUT2D eigenvalue weighted by molar-refractivity contribution is -0.525. The Morgan fingerprint density at radius 2 is 2.10 bits per heavy atom. The van der Waals surface area contributed by atoms with Crippen molar-refractivity contribution in [1.82, 2.24) is 10.7 Å². The second-order valence-corrected chi connectivity index (χ2v) is 6.11. The quantitative estimate of drug-likeness (QED) is 0.0715. The highest BCUT2D eigenvalue weighted by molar-refractivity contribution is 7.52. The van der Waals surface area contributed by atoms with E-state index in [2.05, 4.69) is 10.3 Å². The Balaban J connectivity index is 4.10. The van der Waals surface area contributed by atoms with Crippen LogP contribution in [0.4, 0.5) is 0 Å². The highest BCUT2D eigenvalue weighted by Gasteiger charge is 2.27. The molecule has 122 valence electrons. The molecule has 12 nitrogen and oxygen atoms in total.